The number of rotatable bonds is 5. The molecule has 5 heteroatoms. The van der Waals surface area contributed by atoms with E-state index in [1.165, 1.54) is 0 Å². The molecule has 2 atom stereocenters. The molecule has 5 nitrogen and oxygen atoms in total. The molecule has 0 N–H and O–H groups in total. The molecule has 0 amide bonds. The van der Waals surface area contributed by atoms with E-state index in [1.54, 1.807) is 12.3 Å². The van der Waals surface area contributed by atoms with E-state index >= 15 is 0 Å². The van der Waals surface area contributed by atoms with E-state index in [4.69, 9.17) is 14.2 Å². The van der Waals surface area contributed by atoms with Gasteiger partial charge in [0.15, 0.2) is 0 Å². The van der Waals surface area contributed by atoms with Crippen LogP contribution in [0.4, 0.5) is 0 Å². The average Bonchev–Trinajstić information content (AvgIpc) is 2.78. The molecule has 1 aromatic rings. The third-order valence-electron chi connectivity index (χ3n) is 3.08. The van der Waals surface area contributed by atoms with Crippen molar-refractivity contribution in [1.29, 1.82) is 0 Å². The molecule has 0 aliphatic carbocycles. The molecule has 18 heavy (non-hydrogen) atoms. The Morgan fingerprint density at radius 2 is 2.28 bits per heavy atom. The molecule has 1 aromatic heterocycles. The van der Waals surface area contributed by atoms with Gasteiger partial charge in [0.25, 0.3) is 0 Å². The van der Waals surface area contributed by atoms with Crippen LogP contribution in [0.5, 0.6) is 11.9 Å². The summed E-state index contributed by atoms with van der Waals surface area (Å²) in [6.45, 7) is 8.19. The topological polar surface area (TPSA) is 53.5 Å². The minimum atomic E-state index is 0.0295. The van der Waals surface area contributed by atoms with Crippen LogP contribution in [0.3, 0.4) is 0 Å². The smallest absolute Gasteiger partial charge is 0.320 e. The number of ether oxygens (including phenoxy) is 3. The molecule has 2 unspecified atom stereocenters. The van der Waals surface area contributed by atoms with Crippen molar-refractivity contribution in [3.63, 3.8) is 0 Å². The van der Waals surface area contributed by atoms with Crippen molar-refractivity contribution in [2.45, 2.75) is 26.9 Å². The van der Waals surface area contributed by atoms with E-state index in [0.717, 1.165) is 6.61 Å². The molecular weight excluding hydrogens is 232 g/mol. The van der Waals surface area contributed by atoms with Crippen molar-refractivity contribution in [3.8, 4) is 11.9 Å². The predicted octanol–water partition coefficient (Wildman–Crippen LogP) is 1.93. The van der Waals surface area contributed by atoms with Crippen molar-refractivity contribution >= 4 is 0 Å². The molecule has 1 fully saturated rings. The van der Waals surface area contributed by atoms with Gasteiger partial charge in [-0.3, -0.25) is 0 Å². The molecule has 1 aliphatic rings. The number of nitrogens with zero attached hydrogens (tertiary/aromatic N) is 2. The molecule has 1 aliphatic heterocycles. The van der Waals surface area contributed by atoms with Crippen LogP contribution in [0, 0.1) is 11.8 Å². The highest BCUT2D eigenvalue weighted by molar-refractivity contribution is 5.11. The Hall–Kier alpha value is -1.36. The van der Waals surface area contributed by atoms with E-state index < -0.39 is 0 Å². The molecule has 0 bridgehead atoms. The Morgan fingerprint density at radius 3 is 3.00 bits per heavy atom. The maximum absolute atomic E-state index is 5.81. The minimum Gasteiger partial charge on any atom is -0.478 e. The van der Waals surface area contributed by atoms with Gasteiger partial charge in [0.1, 0.15) is 6.10 Å². The highest BCUT2D eigenvalue weighted by atomic mass is 16.6. The number of aromatic nitrogens is 2. The summed E-state index contributed by atoms with van der Waals surface area (Å²) in [6.07, 6.45) is 1.68. The van der Waals surface area contributed by atoms with E-state index in [-0.39, 0.29) is 6.10 Å². The van der Waals surface area contributed by atoms with Gasteiger partial charge < -0.3 is 14.2 Å². The molecule has 2 heterocycles. The summed E-state index contributed by atoms with van der Waals surface area (Å²) in [5.74, 6) is 1.46. The van der Waals surface area contributed by atoms with Gasteiger partial charge in [0.05, 0.1) is 19.8 Å². The number of hydrogen-bond acceptors (Lipinski definition) is 5. The molecular formula is C13H20N2O3. The molecule has 0 radical (unpaired) electrons. The van der Waals surface area contributed by atoms with E-state index in [0.29, 0.717) is 36.9 Å². The van der Waals surface area contributed by atoms with Crippen LogP contribution >= 0.6 is 0 Å². The average molecular weight is 252 g/mol. The zero-order valence-corrected chi connectivity index (χ0v) is 11.1. The Balaban J connectivity index is 2.02. The van der Waals surface area contributed by atoms with Gasteiger partial charge in [-0.2, -0.15) is 4.98 Å². The fourth-order valence-electron chi connectivity index (χ4n) is 2.04. The first-order valence-corrected chi connectivity index (χ1v) is 6.41. The molecule has 0 aromatic carbocycles. The maximum Gasteiger partial charge on any atom is 0.320 e. The van der Waals surface area contributed by atoms with Crippen LogP contribution in [0.15, 0.2) is 12.3 Å². The Bertz CT molecular complexity index is 384. The lowest BCUT2D eigenvalue weighted by molar-refractivity contribution is 0.119. The second-order valence-corrected chi connectivity index (χ2v) is 4.71. The number of hydrogen-bond donors (Lipinski definition) is 0. The van der Waals surface area contributed by atoms with Gasteiger partial charge in [-0.05, 0) is 12.8 Å². The van der Waals surface area contributed by atoms with Gasteiger partial charge in [-0.1, -0.05) is 13.8 Å². The summed E-state index contributed by atoms with van der Waals surface area (Å²) in [6, 6.07) is 2.09. The second-order valence-electron chi connectivity index (χ2n) is 4.71. The third-order valence-corrected chi connectivity index (χ3v) is 3.08. The molecule has 2 rings (SSSR count). The highest BCUT2D eigenvalue weighted by Gasteiger charge is 2.33. The molecule has 1 saturated heterocycles. The van der Waals surface area contributed by atoms with Gasteiger partial charge in [0, 0.05) is 18.2 Å². The maximum atomic E-state index is 5.81. The lowest BCUT2D eigenvalue weighted by Gasteiger charge is -2.21. The fourth-order valence-corrected chi connectivity index (χ4v) is 2.04. The van der Waals surface area contributed by atoms with Gasteiger partial charge in [-0.15, -0.1) is 0 Å². The van der Waals surface area contributed by atoms with Crippen LogP contribution < -0.4 is 9.47 Å². The lowest BCUT2D eigenvalue weighted by atomic mass is 9.93. The molecule has 0 spiro atoms. The van der Waals surface area contributed by atoms with Gasteiger partial charge >= 0.3 is 6.01 Å². The van der Waals surface area contributed by atoms with E-state index in [9.17, 15) is 0 Å². The van der Waals surface area contributed by atoms with Crippen molar-refractivity contribution in [1.82, 2.24) is 9.97 Å². The highest BCUT2D eigenvalue weighted by Crippen LogP contribution is 2.25. The summed E-state index contributed by atoms with van der Waals surface area (Å²) in [4.78, 5) is 8.32. The van der Waals surface area contributed by atoms with Crippen LogP contribution in [0.2, 0.25) is 0 Å². The summed E-state index contributed by atoms with van der Waals surface area (Å²) >= 11 is 0. The zero-order valence-electron chi connectivity index (χ0n) is 11.1. The predicted molar refractivity (Wildman–Crippen MR) is 66.8 cm³/mol. The first kappa shape index (κ1) is 13.1. The quantitative estimate of drug-likeness (QED) is 0.801. The van der Waals surface area contributed by atoms with Crippen molar-refractivity contribution in [2.24, 2.45) is 11.8 Å². The first-order chi connectivity index (χ1) is 8.70. The van der Waals surface area contributed by atoms with Gasteiger partial charge in [-0.25, -0.2) is 4.98 Å². The van der Waals surface area contributed by atoms with Crippen LogP contribution in [-0.4, -0.2) is 35.9 Å². The molecule has 100 valence electrons. The van der Waals surface area contributed by atoms with Crippen LogP contribution in [0.25, 0.3) is 0 Å². The summed E-state index contributed by atoms with van der Waals surface area (Å²) in [5, 5.41) is 0. The second kappa shape index (κ2) is 6.00. The zero-order chi connectivity index (χ0) is 13.0. The SMILES string of the molecule is CCOc1ccnc(OC2COCC2C(C)C)n1. The Kier molecular flexibility index (Phi) is 4.36. The van der Waals surface area contributed by atoms with Gasteiger partial charge in [0.2, 0.25) is 5.88 Å². The standard InChI is InChI=1S/C13H20N2O3/c1-4-17-12-5-6-14-13(15-12)18-11-8-16-7-10(11)9(2)3/h5-6,9-11H,4,7-8H2,1-3H3. The minimum absolute atomic E-state index is 0.0295. The monoisotopic (exact) mass is 252 g/mol. The largest absolute Gasteiger partial charge is 0.478 e. The summed E-state index contributed by atoms with van der Waals surface area (Å²) in [5.41, 5.74) is 0. The normalized spacial score (nSPS) is 23.3. The molecule has 0 saturated carbocycles. The van der Waals surface area contributed by atoms with E-state index in [2.05, 4.69) is 23.8 Å². The van der Waals surface area contributed by atoms with Crippen molar-refractivity contribution in [2.75, 3.05) is 19.8 Å². The Morgan fingerprint density at radius 1 is 1.44 bits per heavy atom. The third kappa shape index (κ3) is 3.10. The van der Waals surface area contributed by atoms with Crippen molar-refractivity contribution in [3.05, 3.63) is 12.3 Å². The Labute approximate surface area is 107 Å². The lowest BCUT2D eigenvalue weighted by Crippen LogP contribution is -2.29. The van der Waals surface area contributed by atoms with E-state index in [1.807, 2.05) is 6.92 Å². The first-order valence-electron chi connectivity index (χ1n) is 6.41. The van der Waals surface area contributed by atoms with Crippen LogP contribution in [-0.2, 0) is 4.74 Å². The fraction of sp³-hybridized carbons (Fsp3) is 0.692. The van der Waals surface area contributed by atoms with Crippen LogP contribution in [0.1, 0.15) is 20.8 Å². The summed E-state index contributed by atoms with van der Waals surface area (Å²) < 4.78 is 16.6. The summed E-state index contributed by atoms with van der Waals surface area (Å²) in [7, 11) is 0. The van der Waals surface area contributed by atoms with Crippen molar-refractivity contribution < 1.29 is 14.2 Å².